The molecule has 1 aromatic rings. The SMILES string of the molecule is C#CC(CCCC)c1ccc(CCCC)cc1. The molecule has 0 nitrogen and oxygen atoms in total. The largest absolute Gasteiger partial charge is 0.119 e. The highest BCUT2D eigenvalue weighted by atomic mass is 14.1. The molecule has 1 atom stereocenters. The molecule has 92 valence electrons. The van der Waals surface area contributed by atoms with Crippen LogP contribution in [0.4, 0.5) is 0 Å². The van der Waals surface area contributed by atoms with E-state index in [0.29, 0.717) is 5.92 Å². The second-order valence-corrected chi connectivity index (χ2v) is 4.71. The van der Waals surface area contributed by atoms with Crippen LogP contribution in [0.3, 0.4) is 0 Å². The molecule has 0 saturated heterocycles. The minimum absolute atomic E-state index is 0.301. The van der Waals surface area contributed by atoms with Gasteiger partial charge in [0.15, 0.2) is 0 Å². The summed E-state index contributed by atoms with van der Waals surface area (Å²) in [5, 5.41) is 0. The van der Waals surface area contributed by atoms with E-state index in [1.54, 1.807) is 0 Å². The summed E-state index contributed by atoms with van der Waals surface area (Å²) in [5.74, 6) is 3.22. The molecular formula is C17H24. The molecule has 1 aromatic carbocycles. The number of benzene rings is 1. The number of rotatable bonds is 7. The molecule has 0 N–H and O–H groups in total. The van der Waals surface area contributed by atoms with Crippen LogP contribution in [0, 0.1) is 12.3 Å². The Bertz CT molecular complexity index is 339. The fraction of sp³-hybridized carbons (Fsp3) is 0.529. The van der Waals surface area contributed by atoms with Gasteiger partial charge in [-0.1, -0.05) is 63.3 Å². The van der Waals surface area contributed by atoms with Crippen LogP contribution in [0.5, 0.6) is 0 Å². The zero-order chi connectivity index (χ0) is 12.5. The normalized spacial score (nSPS) is 12.1. The van der Waals surface area contributed by atoms with Crippen molar-refractivity contribution >= 4 is 0 Å². The van der Waals surface area contributed by atoms with E-state index in [9.17, 15) is 0 Å². The number of hydrogen-bond donors (Lipinski definition) is 0. The molecule has 0 spiro atoms. The van der Waals surface area contributed by atoms with Gasteiger partial charge in [-0.15, -0.1) is 6.42 Å². The van der Waals surface area contributed by atoms with Gasteiger partial charge in [-0.25, -0.2) is 0 Å². The van der Waals surface area contributed by atoms with Gasteiger partial charge in [0.1, 0.15) is 0 Å². The predicted octanol–water partition coefficient (Wildman–Crippen LogP) is 4.94. The van der Waals surface area contributed by atoms with E-state index in [1.807, 2.05) is 0 Å². The molecule has 0 aliphatic rings. The van der Waals surface area contributed by atoms with Gasteiger partial charge in [-0.2, -0.15) is 0 Å². The first-order valence-electron chi connectivity index (χ1n) is 6.86. The summed E-state index contributed by atoms with van der Waals surface area (Å²) in [7, 11) is 0. The van der Waals surface area contributed by atoms with Crippen LogP contribution >= 0.6 is 0 Å². The fourth-order valence-electron chi connectivity index (χ4n) is 2.05. The van der Waals surface area contributed by atoms with Gasteiger partial charge in [0.05, 0.1) is 0 Å². The Hall–Kier alpha value is -1.22. The smallest absolute Gasteiger partial charge is 0.0449 e. The maximum Gasteiger partial charge on any atom is 0.0449 e. The van der Waals surface area contributed by atoms with Crippen molar-refractivity contribution in [3.8, 4) is 12.3 Å². The van der Waals surface area contributed by atoms with E-state index in [4.69, 9.17) is 6.42 Å². The monoisotopic (exact) mass is 228 g/mol. The van der Waals surface area contributed by atoms with E-state index >= 15 is 0 Å². The molecule has 1 unspecified atom stereocenters. The molecule has 0 aromatic heterocycles. The second-order valence-electron chi connectivity index (χ2n) is 4.71. The number of terminal acetylenes is 1. The third kappa shape index (κ3) is 4.65. The van der Waals surface area contributed by atoms with E-state index < -0.39 is 0 Å². The van der Waals surface area contributed by atoms with Crippen LogP contribution in [0.15, 0.2) is 24.3 Å². The highest BCUT2D eigenvalue weighted by Crippen LogP contribution is 2.22. The number of aryl methyl sites for hydroxylation is 1. The van der Waals surface area contributed by atoms with Crippen LogP contribution < -0.4 is 0 Å². The summed E-state index contributed by atoms with van der Waals surface area (Å²) in [5.41, 5.74) is 2.74. The molecule has 0 saturated carbocycles. The molecule has 0 aliphatic carbocycles. The van der Waals surface area contributed by atoms with Gasteiger partial charge >= 0.3 is 0 Å². The van der Waals surface area contributed by atoms with Crippen LogP contribution in [0.25, 0.3) is 0 Å². The van der Waals surface area contributed by atoms with Crippen LogP contribution in [-0.4, -0.2) is 0 Å². The quantitative estimate of drug-likeness (QED) is 0.580. The first-order valence-corrected chi connectivity index (χ1v) is 6.86. The topological polar surface area (TPSA) is 0 Å². The van der Waals surface area contributed by atoms with E-state index in [2.05, 4.69) is 44.0 Å². The maximum atomic E-state index is 5.61. The van der Waals surface area contributed by atoms with Crippen LogP contribution in [0.1, 0.15) is 63.0 Å². The van der Waals surface area contributed by atoms with Crippen molar-refractivity contribution in [3.05, 3.63) is 35.4 Å². The fourth-order valence-corrected chi connectivity index (χ4v) is 2.05. The highest BCUT2D eigenvalue weighted by molar-refractivity contribution is 5.30. The molecule has 0 fully saturated rings. The summed E-state index contributed by atoms with van der Waals surface area (Å²) in [4.78, 5) is 0. The lowest BCUT2D eigenvalue weighted by atomic mass is 9.93. The lowest BCUT2D eigenvalue weighted by Gasteiger charge is -2.11. The Balaban J connectivity index is 2.61. The Kier molecular flexibility index (Phi) is 6.48. The Labute approximate surface area is 106 Å². The van der Waals surface area contributed by atoms with Crippen molar-refractivity contribution in [2.75, 3.05) is 0 Å². The minimum Gasteiger partial charge on any atom is -0.119 e. The third-order valence-corrected chi connectivity index (χ3v) is 3.25. The molecule has 0 heteroatoms. The number of unbranched alkanes of at least 4 members (excludes halogenated alkanes) is 2. The molecule has 0 heterocycles. The predicted molar refractivity (Wildman–Crippen MR) is 76.2 cm³/mol. The van der Waals surface area contributed by atoms with Gasteiger partial charge in [-0.3, -0.25) is 0 Å². The second kappa shape index (κ2) is 7.96. The molecule has 0 amide bonds. The van der Waals surface area contributed by atoms with Crippen molar-refractivity contribution in [3.63, 3.8) is 0 Å². The Morgan fingerprint density at radius 1 is 1.06 bits per heavy atom. The van der Waals surface area contributed by atoms with Crippen LogP contribution in [-0.2, 0) is 6.42 Å². The average molecular weight is 228 g/mol. The van der Waals surface area contributed by atoms with Crippen molar-refractivity contribution < 1.29 is 0 Å². The standard InChI is InChI=1S/C17H24/c1-4-7-9-15-11-13-17(14-12-15)16(6-3)10-8-5-2/h3,11-14,16H,4-5,7-10H2,1-2H3. The first kappa shape index (κ1) is 13.8. The molecular weight excluding hydrogens is 204 g/mol. The highest BCUT2D eigenvalue weighted by Gasteiger charge is 2.07. The third-order valence-electron chi connectivity index (χ3n) is 3.25. The Morgan fingerprint density at radius 3 is 2.24 bits per heavy atom. The lowest BCUT2D eigenvalue weighted by molar-refractivity contribution is 0.675. The summed E-state index contributed by atoms with van der Waals surface area (Å²) in [6.45, 7) is 4.44. The molecule has 17 heavy (non-hydrogen) atoms. The van der Waals surface area contributed by atoms with Crippen molar-refractivity contribution in [1.82, 2.24) is 0 Å². The van der Waals surface area contributed by atoms with E-state index in [-0.39, 0.29) is 0 Å². The van der Waals surface area contributed by atoms with Gasteiger partial charge < -0.3 is 0 Å². The van der Waals surface area contributed by atoms with Crippen molar-refractivity contribution in [2.24, 2.45) is 0 Å². The molecule has 0 radical (unpaired) electrons. The molecule has 1 rings (SSSR count). The summed E-state index contributed by atoms with van der Waals surface area (Å²) < 4.78 is 0. The summed E-state index contributed by atoms with van der Waals surface area (Å²) >= 11 is 0. The van der Waals surface area contributed by atoms with Crippen LogP contribution in [0.2, 0.25) is 0 Å². The van der Waals surface area contributed by atoms with Gasteiger partial charge in [0, 0.05) is 5.92 Å². The minimum atomic E-state index is 0.301. The average Bonchev–Trinajstić information content (AvgIpc) is 2.38. The van der Waals surface area contributed by atoms with Gasteiger partial charge in [-0.05, 0) is 30.4 Å². The first-order chi connectivity index (χ1) is 8.31. The molecule has 0 aliphatic heterocycles. The van der Waals surface area contributed by atoms with E-state index in [0.717, 1.165) is 6.42 Å². The zero-order valence-electron chi connectivity index (χ0n) is 11.2. The van der Waals surface area contributed by atoms with Gasteiger partial charge in [0.2, 0.25) is 0 Å². The maximum absolute atomic E-state index is 5.61. The van der Waals surface area contributed by atoms with Crippen molar-refractivity contribution in [2.45, 2.75) is 58.3 Å². The Morgan fingerprint density at radius 2 is 1.71 bits per heavy atom. The van der Waals surface area contributed by atoms with E-state index in [1.165, 1.54) is 43.2 Å². The summed E-state index contributed by atoms with van der Waals surface area (Å²) in [6.07, 6.45) is 12.9. The number of hydrogen-bond acceptors (Lipinski definition) is 0. The molecule has 0 bridgehead atoms. The lowest BCUT2D eigenvalue weighted by Crippen LogP contribution is -1.96. The van der Waals surface area contributed by atoms with Crippen molar-refractivity contribution in [1.29, 1.82) is 0 Å². The van der Waals surface area contributed by atoms with Gasteiger partial charge in [0.25, 0.3) is 0 Å². The summed E-state index contributed by atoms with van der Waals surface area (Å²) in [6, 6.07) is 8.90. The zero-order valence-corrected chi connectivity index (χ0v) is 11.2.